The van der Waals surface area contributed by atoms with E-state index in [1.54, 1.807) is 0 Å². The Bertz CT molecular complexity index is 347. The number of hydrogen-bond donors (Lipinski definition) is 0. The first-order valence-corrected chi connectivity index (χ1v) is 5.30. The molecule has 0 radical (unpaired) electrons. The van der Waals surface area contributed by atoms with Crippen LogP contribution in [0.4, 0.5) is 0 Å². The van der Waals surface area contributed by atoms with Crippen LogP contribution < -0.4 is 0 Å². The van der Waals surface area contributed by atoms with Crippen LogP contribution >= 0.6 is 0 Å². The zero-order valence-corrected chi connectivity index (χ0v) is 9.80. The molecule has 0 aliphatic carbocycles. The van der Waals surface area contributed by atoms with Crippen LogP contribution in [0.3, 0.4) is 0 Å². The van der Waals surface area contributed by atoms with Crippen molar-refractivity contribution < 1.29 is 17.0 Å². The predicted molar refractivity (Wildman–Crippen MR) is 59.1 cm³/mol. The third-order valence-electron chi connectivity index (χ3n) is 1.83. The molecule has 0 aliphatic rings. The summed E-state index contributed by atoms with van der Waals surface area (Å²) >= 11 is 2.52. The van der Waals surface area contributed by atoms with Crippen molar-refractivity contribution >= 4 is 4.23 Å². The average Bonchev–Trinajstić information content (AvgIpc) is 2.16. The van der Waals surface area contributed by atoms with Crippen LogP contribution in [0.15, 0.2) is 54.6 Å². The van der Waals surface area contributed by atoms with Gasteiger partial charge in [-0.3, -0.25) is 0 Å². The van der Waals surface area contributed by atoms with E-state index in [0.29, 0.717) is 0 Å². The van der Waals surface area contributed by atoms with E-state index in [1.165, 1.54) is 9.79 Å². The molecule has 0 amide bonds. The van der Waals surface area contributed by atoms with Crippen LogP contribution in [-0.4, -0.2) is 4.23 Å². The minimum absolute atomic E-state index is 0.928. The molecule has 0 saturated heterocycles. The van der Waals surface area contributed by atoms with Crippen molar-refractivity contribution in [2.45, 2.75) is 13.3 Å². The van der Waals surface area contributed by atoms with Gasteiger partial charge in [0, 0.05) is 0 Å². The average molecular weight is 221 g/mol. The molecule has 69 valence electrons. The van der Waals surface area contributed by atoms with Gasteiger partial charge in [0.2, 0.25) is 0 Å². The molecular weight excluding hydrogens is 207 g/mol. The third kappa shape index (κ3) is 4.41. The van der Waals surface area contributed by atoms with Gasteiger partial charge in [0.15, 0.2) is 0 Å². The van der Waals surface area contributed by atoms with Gasteiger partial charge in [0.05, 0.1) is 0 Å². The summed E-state index contributed by atoms with van der Waals surface area (Å²) in [5.74, 6) is 0. The second kappa shape index (κ2) is 5.79. The monoisotopic (exact) mass is 221 g/mol. The molecule has 0 nitrogen and oxygen atoms in total. The van der Waals surface area contributed by atoms with E-state index in [-0.39, 0.29) is 0 Å². The van der Waals surface area contributed by atoms with E-state index < -0.39 is 0 Å². The first kappa shape index (κ1) is 11.2. The predicted octanol–water partition coefficient (Wildman–Crippen LogP) is 3.08. The Hall–Kier alpha value is -0.846. The molecule has 0 aliphatic heterocycles. The standard InChI is InChI=1S/C13H14.V/c1-3-4-8-12(2)11-13-9-6-5-7-10-13;/h4-10H,2,11H2,1H3;/q;+2. The summed E-state index contributed by atoms with van der Waals surface area (Å²) in [7, 11) is 0. The van der Waals surface area contributed by atoms with Gasteiger partial charge in [-0.25, -0.2) is 0 Å². The second-order valence-corrected chi connectivity index (χ2v) is 4.40. The topological polar surface area (TPSA) is 0 Å². The van der Waals surface area contributed by atoms with Crippen molar-refractivity contribution in [1.29, 1.82) is 0 Å². The maximum atomic E-state index is 4.01. The quantitative estimate of drug-likeness (QED) is 0.685. The fourth-order valence-electron chi connectivity index (χ4n) is 1.16. The molecule has 0 saturated carbocycles. The van der Waals surface area contributed by atoms with Crippen molar-refractivity contribution in [3.8, 4) is 0 Å². The molecule has 0 fully saturated rings. The maximum absolute atomic E-state index is 4.01. The molecule has 0 aromatic heterocycles. The van der Waals surface area contributed by atoms with Crippen molar-refractivity contribution in [2.75, 3.05) is 0 Å². The van der Waals surface area contributed by atoms with Crippen molar-refractivity contribution in [1.82, 2.24) is 0 Å². The molecule has 1 heteroatoms. The summed E-state index contributed by atoms with van der Waals surface area (Å²) in [6, 6.07) is 10.4. The Morgan fingerprint density at radius 3 is 2.50 bits per heavy atom. The summed E-state index contributed by atoms with van der Waals surface area (Å²) in [5, 5.41) is 0. The molecule has 0 bridgehead atoms. The Labute approximate surface area is 94.8 Å². The molecule has 0 atom stereocenters. The van der Waals surface area contributed by atoms with Crippen LogP contribution in [0.25, 0.3) is 0 Å². The third-order valence-corrected chi connectivity index (χ3v) is 2.07. The van der Waals surface area contributed by atoms with Crippen LogP contribution in [0.5, 0.6) is 0 Å². The SMILES string of the molecule is C=C(C=C[C](C)=[V+2])Cc1ccccc1. The molecule has 0 unspecified atom stereocenters. The minimum atomic E-state index is 0.928. The van der Waals surface area contributed by atoms with Gasteiger partial charge < -0.3 is 0 Å². The first-order chi connectivity index (χ1) is 6.68. The molecule has 0 spiro atoms. The van der Waals surface area contributed by atoms with Gasteiger partial charge >= 0.3 is 94.7 Å². The number of hydrogen-bond acceptors (Lipinski definition) is 0. The molecule has 1 aromatic rings. The van der Waals surface area contributed by atoms with Gasteiger partial charge in [-0.1, -0.05) is 0 Å². The summed E-state index contributed by atoms with van der Waals surface area (Å²) in [5.41, 5.74) is 2.45. The van der Waals surface area contributed by atoms with Crippen molar-refractivity contribution in [2.24, 2.45) is 0 Å². The summed E-state index contributed by atoms with van der Waals surface area (Å²) in [6.45, 7) is 6.08. The summed E-state index contributed by atoms with van der Waals surface area (Å²) < 4.78 is 1.24. The van der Waals surface area contributed by atoms with Crippen molar-refractivity contribution in [3.63, 3.8) is 0 Å². The molecule has 14 heavy (non-hydrogen) atoms. The van der Waals surface area contributed by atoms with Gasteiger partial charge in [-0.2, -0.15) is 0 Å². The Balaban J connectivity index is 2.54. The normalized spacial score (nSPS) is 10.5. The van der Waals surface area contributed by atoms with Gasteiger partial charge in [0.1, 0.15) is 0 Å². The number of allylic oxidation sites excluding steroid dienone is 3. The van der Waals surface area contributed by atoms with Gasteiger partial charge in [-0.05, 0) is 0 Å². The van der Waals surface area contributed by atoms with Crippen molar-refractivity contribution in [3.05, 3.63) is 60.2 Å². The van der Waals surface area contributed by atoms with E-state index in [9.17, 15) is 0 Å². The number of benzene rings is 1. The fourth-order valence-corrected chi connectivity index (χ4v) is 1.27. The fraction of sp³-hybridized carbons (Fsp3) is 0.154. The van der Waals surface area contributed by atoms with Crippen LogP contribution in [-0.2, 0) is 23.4 Å². The van der Waals surface area contributed by atoms with Crippen LogP contribution in [0.2, 0.25) is 0 Å². The van der Waals surface area contributed by atoms with Crippen LogP contribution in [0, 0.1) is 0 Å². The molecule has 0 N–H and O–H groups in total. The van der Waals surface area contributed by atoms with Crippen LogP contribution in [0.1, 0.15) is 12.5 Å². The first-order valence-electron chi connectivity index (χ1n) is 4.61. The van der Waals surface area contributed by atoms with E-state index in [2.05, 4.69) is 66.9 Å². The Kier molecular flexibility index (Phi) is 4.65. The summed E-state index contributed by atoms with van der Waals surface area (Å²) in [6.07, 6.45) is 5.07. The van der Waals surface area contributed by atoms with E-state index in [4.69, 9.17) is 0 Å². The molecular formula is C13H14V+2. The van der Waals surface area contributed by atoms with E-state index >= 15 is 0 Å². The van der Waals surface area contributed by atoms with Gasteiger partial charge in [0.25, 0.3) is 0 Å². The van der Waals surface area contributed by atoms with Gasteiger partial charge in [-0.15, -0.1) is 0 Å². The molecule has 1 rings (SSSR count). The summed E-state index contributed by atoms with van der Waals surface area (Å²) in [4.78, 5) is 0. The number of rotatable bonds is 4. The van der Waals surface area contributed by atoms with E-state index in [1.807, 2.05) is 6.07 Å². The Morgan fingerprint density at radius 2 is 1.93 bits per heavy atom. The second-order valence-electron chi connectivity index (χ2n) is 3.30. The zero-order valence-electron chi connectivity index (χ0n) is 8.40. The molecule has 1 aromatic carbocycles. The van der Waals surface area contributed by atoms with E-state index in [0.717, 1.165) is 12.0 Å². The zero-order chi connectivity index (χ0) is 10.4. The Morgan fingerprint density at radius 1 is 1.29 bits per heavy atom. The molecule has 0 heterocycles.